The Morgan fingerprint density at radius 1 is 1.30 bits per heavy atom. The zero-order valence-corrected chi connectivity index (χ0v) is 11.8. The molecule has 1 spiro atoms. The summed E-state index contributed by atoms with van der Waals surface area (Å²) in [5.74, 6) is 0.533. The second kappa shape index (κ2) is 5.69. The highest BCUT2D eigenvalue weighted by Gasteiger charge is 2.51. The van der Waals surface area contributed by atoms with Crippen LogP contribution < -0.4 is 10.6 Å². The molecule has 0 bridgehead atoms. The van der Waals surface area contributed by atoms with E-state index in [-0.39, 0.29) is 11.9 Å². The Bertz CT molecular complexity index is 387. The van der Waals surface area contributed by atoms with Crippen LogP contribution in [0, 0.1) is 5.92 Å². The first-order valence-electron chi connectivity index (χ1n) is 7.64. The van der Waals surface area contributed by atoms with Gasteiger partial charge >= 0.3 is 6.03 Å². The molecule has 3 fully saturated rings. The summed E-state index contributed by atoms with van der Waals surface area (Å²) in [6.07, 6.45) is 4.47. The summed E-state index contributed by atoms with van der Waals surface area (Å²) >= 11 is 0. The molecule has 112 valence electrons. The molecule has 3 amide bonds. The molecule has 0 saturated carbocycles. The van der Waals surface area contributed by atoms with Crippen molar-refractivity contribution in [3.8, 4) is 0 Å². The summed E-state index contributed by atoms with van der Waals surface area (Å²) < 4.78 is 5.30. The zero-order valence-electron chi connectivity index (χ0n) is 11.8. The van der Waals surface area contributed by atoms with Crippen LogP contribution in [0.2, 0.25) is 0 Å². The highest BCUT2D eigenvalue weighted by atomic mass is 16.5. The third-order valence-electron chi connectivity index (χ3n) is 4.75. The van der Waals surface area contributed by atoms with Crippen molar-refractivity contribution in [1.29, 1.82) is 0 Å². The van der Waals surface area contributed by atoms with Crippen molar-refractivity contribution < 1.29 is 14.3 Å². The third-order valence-corrected chi connectivity index (χ3v) is 4.75. The van der Waals surface area contributed by atoms with Gasteiger partial charge in [0.2, 0.25) is 0 Å². The maximum Gasteiger partial charge on any atom is 0.325 e. The molecule has 1 unspecified atom stereocenters. The lowest BCUT2D eigenvalue weighted by atomic mass is 9.90. The molecule has 0 aliphatic carbocycles. The van der Waals surface area contributed by atoms with E-state index in [0.29, 0.717) is 38.5 Å². The minimum Gasteiger partial charge on any atom is -0.381 e. The number of nitrogens with zero attached hydrogens (tertiary/aromatic N) is 1. The van der Waals surface area contributed by atoms with E-state index >= 15 is 0 Å². The van der Waals surface area contributed by atoms with Crippen molar-refractivity contribution in [3.05, 3.63) is 0 Å². The molecular weight excluding hydrogens is 258 g/mol. The molecule has 0 aromatic rings. The monoisotopic (exact) mass is 281 g/mol. The quantitative estimate of drug-likeness (QED) is 0.738. The van der Waals surface area contributed by atoms with Gasteiger partial charge in [0.25, 0.3) is 5.91 Å². The Balaban J connectivity index is 1.58. The number of ether oxygens (including phenoxy) is 1. The van der Waals surface area contributed by atoms with Gasteiger partial charge < -0.3 is 15.4 Å². The third kappa shape index (κ3) is 2.54. The number of carbonyl (C=O) groups is 2. The molecule has 3 aliphatic heterocycles. The summed E-state index contributed by atoms with van der Waals surface area (Å²) in [6.45, 7) is 3.73. The van der Waals surface area contributed by atoms with Crippen molar-refractivity contribution in [2.45, 2.75) is 37.6 Å². The summed E-state index contributed by atoms with van der Waals surface area (Å²) in [6, 6.07) is -0.222. The Hall–Kier alpha value is -1.14. The molecule has 3 rings (SSSR count). The molecule has 6 nitrogen and oxygen atoms in total. The highest BCUT2D eigenvalue weighted by Crippen LogP contribution is 2.29. The van der Waals surface area contributed by atoms with E-state index in [4.69, 9.17) is 4.74 Å². The van der Waals surface area contributed by atoms with Crippen LogP contribution in [0.15, 0.2) is 0 Å². The summed E-state index contributed by atoms with van der Waals surface area (Å²) in [4.78, 5) is 26.0. The number of imide groups is 1. The van der Waals surface area contributed by atoms with Crippen molar-refractivity contribution >= 4 is 11.9 Å². The molecule has 3 aliphatic rings. The van der Waals surface area contributed by atoms with Crippen LogP contribution in [0.3, 0.4) is 0 Å². The first-order chi connectivity index (χ1) is 9.71. The normalized spacial score (nSPS) is 29.8. The number of amides is 3. The molecule has 0 radical (unpaired) electrons. The van der Waals surface area contributed by atoms with Crippen molar-refractivity contribution in [2.24, 2.45) is 5.92 Å². The smallest absolute Gasteiger partial charge is 0.325 e. The van der Waals surface area contributed by atoms with E-state index in [0.717, 1.165) is 19.5 Å². The highest BCUT2D eigenvalue weighted by molar-refractivity contribution is 6.07. The molecule has 3 heterocycles. The molecule has 2 N–H and O–H groups in total. The van der Waals surface area contributed by atoms with Crippen LogP contribution in [0.5, 0.6) is 0 Å². The second-order valence-electron chi connectivity index (χ2n) is 6.08. The number of hydrogen-bond donors (Lipinski definition) is 2. The van der Waals surface area contributed by atoms with Crippen LogP contribution in [0.4, 0.5) is 4.79 Å². The Morgan fingerprint density at radius 3 is 2.80 bits per heavy atom. The first-order valence-corrected chi connectivity index (χ1v) is 7.64. The van der Waals surface area contributed by atoms with Gasteiger partial charge in [0.05, 0.1) is 0 Å². The fourth-order valence-electron chi connectivity index (χ4n) is 3.42. The predicted octanol–water partition coefficient (Wildman–Crippen LogP) is 0.477. The van der Waals surface area contributed by atoms with Crippen molar-refractivity contribution in [1.82, 2.24) is 15.5 Å². The van der Waals surface area contributed by atoms with E-state index < -0.39 is 5.54 Å². The Labute approximate surface area is 119 Å². The Kier molecular flexibility index (Phi) is 3.94. The summed E-state index contributed by atoms with van der Waals surface area (Å²) in [5, 5.41) is 6.27. The standard InChI is InChI=1S/C14H23N3O3/c18-12-14(4-8-20-9-5-14)16-13(19)17(12)7-3-11-2-1-6-15-10-11/h11,15H,1-10H2,(H,16,19). The predicted molar refractivity (Wildman–Crippen MR) is 73.2 cm³/mol. The van der Waals surface area contributed by atoms with Gasteiger partial charge in [-0.25, -0.2) is 4.79 Å². The summed E-state index contributed by atoms with van der Waals surface area (Å²) in [7, 11) is 0. The summed E-state index contributed by atoms with van der Waals surface area (Å²) in [5.41, 5.74) is -0.680. The number of urea groups is 1. The van der Waals surface area contributed by atoms with Gasteiger partial charge in [0, 0.05) is 32.6 Å². The van der Waals surface area contributed by atoms with E-state index in [1.54, 1.807) is 0 Å². The average molecular weight is 281 g/mol. The number of piperidine rings is 1. The zero-order chi connectivity index (χ0) is 14.0. The van der Waals surface area contributed by atoms with Crippen LogP contribution in [0.25, 0.3) is 0 Å². The number of carbonyl (C=O) groups excluding carboxylic acids is 2. The fraction of sp³-hybridized carbons (Fsp3) is 0.857. The SMILES string of the molecule is O=C1NC2(CCOCC2)C(=O)N1CCC1CCCNC1. The fourth-order valence-corrected chi connectivity index (χ4v) is 3.42. The van der Waals surface area contributed by atoms with Gasteiger partial charge in [-0.05, 0) is 38.3 Å². The number of rotatable bonds is 3. The average Bonchev–Trinajstić information content (AvgIpc) is 2.70. The maximum absolute atomic E-state index is 12.5. The topological polar surface area (TPSA) is 70.7 Å². The maximum atomic E-state index is 12.5. The van der Waals surface area contributed by atoms with Crippen LogP contribution >= 0.6 is 0 Å². The molecule has 6 heteroatoms. The molecule has 0 aromatic carbocycles. The molecule has 20 heavy (non-hydrogen) atoms. The van der Waals surface area contributed by atoms with E-state index in [1.807, 2.05) is 0 Å². The first kappa shape index (κ1) is 13.8. The van der Waals surface area contributed by atoms with Crippen molar-refractivity contribution in [2.75, 3.05) is 32.8 Å². The Morgan fingerprint density at radius 2 is 2.10 bits per heavy atom. The van der Waals surface area contributed by atoms with Gasteiger partial charge in [-0.15, -0.1) is 0 Å². The van der Waals surface area contributed by atoms with E-state index in [9.17, 15) is 9.59 Å². The number of nitrogens with one attached hydrogen (secondary N) is 2. The lowest BCUT2D eigenvalue weighted by Gasteiger charge is -2.30. The van der Waals surface area contributed by atoms with Gasteiger partial charge in [-0.3, -0.25) is 9.69 Å². The molecule has 1 atom stereocenters. The second-order valence-corrected chi connectivity index (χ2v) is 6.08. The van der Waals surface area contributed by atoms with Crippen LogP contribution in [-0.2, 0) is 9.53 Å². The minimum atomic E-state index is -0.680. The van der Waals surface area contributed by atoms with Crippen LogP contribution in [-0.4, -0.2) is 55.2 Å². The van der Waals surface area contributed by atoms with Gasteiger partial charge in [0.1, 0.15) is 5.54 Å². The van der Waals surface area contributed by atoms with E-state index in [1.165, 1.54) is 17.7 Å². The van der Waals surface area contributed by atoms with Gasteiger partial charge in [-0.1, -0.05) is 0 Å². The van der Waals surface area contributed by atoms with Crippen LogP contribution in [0.1, 0.15) is 32.1 Å². The van der Waals surface area contributed by atoms with E-state index in [2.05, 4.69) is 10.6 Å². The lowest BCUT2D eigenvalue weighted by molar-refractivity contribution is -0.134. The molecule has 3 saturated heterocycles. The lowest BCUT2D eigenvalue weighted by Crippen LogP contribution is -2.51. The van der Waals surface area contributed by atoms with Gasteiger partial charge in [-0.2, -0.15) is 0 Å². The van der Waals surface area contributed by atoms with Gasteiger partial charge in [0.15, 0.2) is 0 Å². The molecule has 0 aromatic heterocycles. The largest absolute Gasteiger partial charge is 0.381 e. The van der Waals surface area contributed by atoms with Crippen molar-refractivity contribution in [3.63, 3.8) is 0 Å². The number of hydrogen-bond acceptors (Lipinski definition) is 4. The minimum absolute atomic E-state index is 0.0467. The molecular formula is C14H23N3O3.